The van der Waals surface area contributed by atoms with Crippen LogP contribution >= 0.6 is 24.8 Å². The van der Waals surface area contributed by atoms with Gasteiger partial charge in [0, 0.05) is 51.3 Å². The normalized spacial score (nSPS) is 22.3. The SMILES string of the molecule is Cl.Cl.O=C(NCCC(=O)N1CCN(c2ccccn2)CC1)C1CC12CCNCC2. The van der Waals surface area contributed by atoms with Crippen LogP contribution in [0.5, 0.6) is 0 Å². The van der Waals surface area contributed by atoms with Crippen molar-refractivity contribution in [2.24, 2.45) is 11.3 Å². The van der Waals surface area contributed by atoms with Crippen LogP contribution in [0.15, 0.2) is 24.4 Å². The molecule has 3 fully saturated rings. The molecule has 1 atom stereocenters. The Morgan fingerprint density at radius 2 is 1.86 bits per heavy atom. The number of rotatable bonds is 5. The van der Waals surface area contributed by atoms with E-state index in [0.29, 0.717) is 26.1 Å². The Morgan fingerprint density at radius 1 is 1.14 bits per heavy atom. The average molecular weight is 444 g/mol. The third kappa shape index (κ3) is 5.53. The number of hydrogen-bond donors (Lipinski definition) is 2. The van der Waals surface area contributed by atoms with Gasteiger partial charge in [-0.15, -0.1) is 24.8 Å². The van der Waals surface area contributed by atoms with E-state index in [4.69, 9.17) is 0 Å². The molecule has 2 amide bonds. The molecule has 0 bridgehead atoms. The van der Waals surface area contributed by atoms with Crippen molar-refractivity contribution < 1.29 is 9.59 Å². The molecule has 29 heavy (non-hydrogen) atoms. The summed E-state index contributed by atoms with van der Waals surface area (Å²) < 4.78 is 0. The summed E-state index contributed by atoms with van der Waals surface area (Å²) >= 11 is 0. The first kappa shape index (κ1) is 23.7. The van der Waals surface area contributed by atoms with Gasteiger partial charge in [-0.3, -0.25) is 9.59 Å². The van der Waals surface area contributed by atoms with Crippen LogP contribution in [-0.4, -0.2) is 67.5 Å². The number of nitrogens with zero attached hydrogens (tertiary/aromatic N) is 3. The average Bonchev–Trinajstić information content (AvgIpc) is 3.42. The Morgan fingerprint density at radius 3 is 2.52 bits per heavy atom. The molecule has 7 nitrogen and oxygen atoms in total. The van der Waals surface area contributed by atoms with Crippen LogP contribution in [-0.2, 0) is 9.59 Å². The summed E-state index contributed by atoms with van der Waals surface area (Å²) in [4.78, 5) is 33.3. The highest BCUT2D eigenvalue weighted by atomic mass is 35.5. The fraction of sp³-hybridized carbons (Fsp3) is 0.650. The van der Waals surface area contributed by atoms with Crippen molar-refractivity contribution in [1.82, 2.24) is 20.5 Å². The molecule has 0 aromatic carbocycles. The summed E-state index contributed by atoms with van der Waals surface area (Å²) in [5.74, 6) is 1.40. The van der Waals surface area contributed by atoms with Crippen molar-refractivity contribution in [1.29, 1.82) is 0 Å². The van der Waals surface area contributed by atoms with Crippen LogP contribution < -0.4 is 15.5 Å². The second-order valence-electron chi connectivity index (χ2n) is 7.97. The van der Waals surface area contributed by atoms with E-state index in [1.807, 2.05) is 23.1 Å². The summed E-state index contributed by atoms with van der Waals surface area (Å²) in [5, 5.41) is 6.35. The first-order valence-electron chi connectivity index (χ1n) is 10.1. The lowest BCUT2D eigenvalue weighted by molar-refractivity contribution is -0.131. The molecule has 1 spiro atoms. The summed E-state index contributed by atoms with van der Waals surface area (Å²) in [6.45, 7) is 5.51. The highest BCUT2D eigenvalue weighted by Gasteiger charge is 2.57. The van der Waals surface area contributed by atoms with E-state index in [1.165, 1.54) is 0 Å². The lowest BCUT2D eigenvalue weighted by Crippen LogP contribution is -2.49. The van der Waals surface area contributed by atoms with E-state index < -0.39 is 0 Å². The Kier molecular flexibility index (Phi) is 8.55. The molecule has 4 rings (SSSR count). The fourth-order valence-electron chi connectivity index (χ4n) is 4.50. The molecule has 162 valence electrons. The quantitative estimate of drug-likeness (QED) is 0.720. The minimum atomic E-state index is 0. The van der Waals surface area contributed by atoms with Crippen LogP contribution in [0.1, 0.15) is 25.7 Å². The molecule has 2 aliphatic heterocycles. The lowest BCUT2D eigenvalue weighted by Gasteiger charge is -2.35. The third-order valence-corrected chi connectivity index (χ3v) is 6.35. The van der Waals surface area contributed by atoms with Crippen molar-refractivity contribution in [2.45, 2.75) is 25.7 Å². The monoisotopic (exact) mass is 443 g/mol. The number of piperidine rings is 1. The van der Waals surface area contributed by atoms with E-state index in [0.717, 1.165) is 51.3 Å². The number of pyridine rings is 1. The number of carbonyl (C=O) groups is 2. The molecular weight excluding hydrogens is 413 g/mol. The van der Waals surface area contributed by atoms with Crippen molar-refractivity contribution in [3.8, 4) is 0 Å². The predicted octanol–water partition coefficient (Wildman–Crippen LogP) is 1.47. The largest absolute Gasteiger partial charge is 0.355 e. The zero-order chi connectivity index (χ0) is 18.7. The number of amides is 2. The molecular formula is C20H31Cl2N5O2. The molecule has 1 aromatic rings. The van der Waals surface area contributed by atoms with Crippen LogP contribution in [0.2, 0.25) is 0 Å². The summed E-state index contributed by atoms with van der Waals surface area (Å²) in [6.07, 6.45) is 5.40. The molecule has 1 aromatic heterocycles. The zero-order valence-corrected chi connectivity index (χ0v) is 18.3. The molecule has 0 radical (unpaired) electrons. The second-order valence-corrected chi connectivity index (χ2v) is 7.97. The third-order valence-electron chi connectivity index (χ3n) is 6.35. The fourth-order valence-corrected chi connectivity index (χ4v) is 4.50. The molecule has 9 heteroatoms. The molecule has 3 heterocycles. The smallest absolute Gasteiger partial charge is 0.224 e. The number of carbonyl (C=O) groups excluding carboxylic acids is 2. The van der Waals surface area contributed by atoms with Gasteiger partial charge >= 0.3 is 0 Å². The number of aromatic nitrogens is 1. The topological polar surface area (TPSA) is 77.6 Å². The van der Waals surface area contributed by atoms with Gasteiger partial charge in [-0.25, -0.2) is 4.98 Å². The standard InChI is InChI=1S/C20H29N5O2.2ClH/c26-18(25-13-11-24(12-14-25)17-3-1-2-7-22-17)4-8-23-19(27)16-15-20(16)5-9-21-10-6-20;;/h1-3,7,16,21H,4-6,8-15H2,(H,23,27);2*1H. The van der Waals surface area contributed by atoms with Gasteiger partial charge in [0.25, 0.3) is 0 Å². The number of anilines is 1. The van der Waals surface area contributed by atoms with Gasteiger partial charge in [-0.05, 0) is 49.9 Å². The van der Waals surface area contributed by atoms with Gasteiger partial charge in [-0.2, -0.15) is 0 Å². The maximum absolute atomic E-state index is 12.4. The minimum Gasteiger partial charge on any atom is -0.355 e. The van der Waals surface area contributed by atoms with Crippen LogP contribution in [0.25, 0.3) is 0 Å². The predicted molar refractivity (Wildman–Crippen MR) is 118 cm³/mol. The van der Waals surface area contributed by atoms with Gasteiger partial charge in [0.05, 0.1) is 0 Å². The van der Waals surface area contributed by atoms with Crippen molar-refractivity contribution >= 4 is 42.4 Å². The van der Waals surface area contributed by atoms with Crippen molar-refractivity contribution in [3.05, 3.63) is 24.4 Å². The first-order valence-corrected chi connectivity index (χ1v) is 10.1. The van der Waals surface area contributed by atoms with E-state index in [-0.39, 0.29) is 48.0 Å². The summed E-state index contributed by atoms with van der Waals surface area (Å²) in [7, 11) is 0. The van der Waals surface area contributed by atoms with Crippen molar-refractivity contribution in [2.75, 3.05) is 50.7 Å². The van der Waals surface area contributed by atoms with E-state index in [1.54, 1.807) is 6.20 Å². The molecule has 2 N–H and O–H groups in total. The number of piperazine rings is 1. The Bertz CT molecular complexity index is 677. The summed E-state index contributed by atoms with van der Waals surface area (Å²) in [5.41, 5.74) is 0.251. The van der Waals surface area contributed by atoms with E-state index >= 15 is 0 Å². The Balaban J connectivity index is 0.00000150. The second kappa shape index (κ2) is 10.5. The highest BCUT2D eigenvalue weighted by molar-refractivity contribution is 5.85. The molecule has 3 aliphatic rings. The van der Waals surface area contributed by atoms with E-state index in [2.05, 4.69) is 20.5 Å². The molecule has 1 unspecified atom stereocenters. The number of halogens is 2. The van der Waals surface area contributed by atoms with E-state index in [9.17, 15) is 9.59 Å². The first-order chi connectivity index (χ1) is 13.2. The highest BCUT2D eigenvalue weighted by Crippen LogP contribution is 2.58. The lowest BCUT2D eigenvalue weighted by atomic mass is 9.92. The Labute approximate surface area is 184 Å². The van der Waals surface area contributed by atoms with Crippen molar-refractivity contribution in [3.63, 3.8) is 0 Å². The number of hydrogen-bond acceptors (Lipinski definition) is 5. The van der Waals surface area contributed by atoms with Gasteiger partial charge < -0.3 is 20.4 Å². The van der Waals surface area contributed by atoms with Crippen LogP contribution in [0.4, 0.5) is 5.82 Å². The maximum Gasteiger partial charge on any atom is 0.224 e. The van der Waals surface area contributed by atoms with Gasteiger partial charge in [-0.1, -0.05) is 6.07 Å². The minimum absolute atomic E-state index is 0. The molecule has 1 saturated carbocycles. The maximum atomic E-state index is 12.4. The van der Waals surface area contributed by atoms with Crippen LogP contribution in [0.3, 0.4) is 0 Å². The number of nitrogens with one attached hydrogen (secondary N) is 2. The van der Waals surface area contributed by atoms with Gasteiger partial charge in [0.2, 0.25) is 11.8 Å². The van der Waals surface area contributed by atoms with Crippen LogP contribution in [0, 0.1) is 11.3 Å². The Hall–Kier alpha value is -1.57. The van der Waals surface area contributed by atoms with Gasteiger partial charge in [0.15, 0.2) is 0 Å². The van der Waals surface area contributed by atoms with Gasteiger partial charge in [0.1, 0.15) is 5.82 Å². The summed E-state index contributed by atoms with van der Waals surface area (Å²) in [6, 6.07) is 5.89. The zero-order valence-electron chi connectivity index (χ0n) is 16.6. The molecule has 1 aliphatic carbocycles. The molecule has 2 saturated heterocycles.